The van der Waals surface area contributed by atoms with Crippen molar-refractivity contribution in [3.63, 3.8) is 0 Å². The summed E-state index contributed by atoms with van der Waals surface area (Å²) in [6, 6.07) is 6.93. The molecule has 0 saturated carbocycles. The van der Waals surface area contributed by atoms with Crippen molar-refractivity contribution < 1.29 is 8.42 Å². The minimum atomic E-state index is -3.70. The van der Waals surface area contributed by atoms with Gasteiger partial charge in [0, 0.05) is 51.7 Å². The summed E-state index contributed by atoms with van der Waals surface area (Å²) in [5.74, 6) is 0. The molecule has 1 aromatic heterocycles. The van der Waals surface area contributed by atoms with E-state index in [1.54, 1.807) is 18.3 Å². The Morgan fingerprint density at radius 2 is 1.83 bits per heavy atom. The number of rotatable bonds is 5. The van der Waals surface area contributed by atoms with Crippen LogP contribution in [0, 0.1) is 0 Å². The van der Waals surface area contributed by atoms with Crippen LogP contribution in [-0.2, 0) is 16.6 Å². The molecule has 0 spiro atoms. The first kappa shape index (κ1) is 16.0. The Morgan fingerprint density at radius 1 is 1.09 bits per heavy atom. The molecule has 1 aromatic carbocycles. The van der Waals surface area contributed by atoms with Crippen molar-refractivity contribution in [2.45, 2.75) is 11.4 Å². The van der Waals surface area contributed by atoms with Gasteiger partial charge in [-0.3, -0.25) is 4.90 Å². The van der Waals surface area contributed by atoms with E-state index in [-0.39, 0.29) is 4.90 Å². The predicted molar refractivity (Wildman–Crippen MR) is 88.7 cm³/mol. The molecule has 1 aliphatic heterocycles. The maximum absolute atomic E-state index is 11.7. The zero-order valence-electron chi connectivity index (χ0n) is 12.9. The van der Waals surface area contributed by atoms with E-state index >= 15 is 0 Å². The van der Waals surface area contributed by atoms with Crippen LogP contribution in [0.5, 0.6) is 0 Å². The van der Waals surface area contributed by atoms with Gasteiger partial charge in [-0.05, 0) is 12.1 Å². The minimum Gasteiger partial charge on any atom is -0.368 e. The molecule has 3 rings (SSSR count). The van der Waals surface area contributed by atoms with Crippen molar-refractivity contribution in [2.75, 3.05) is 37.6 Å². The Balaban J connectivity index is 1.61. The monoisotopic (exact) mass is 335 g/mol. The molecule has 0 atom stereocenters. The van der Waals surface area contributed by atoms with Crippen LogP contribution < -0.4 is 10.0 Å². The van der Waals surface area contributed by atoms with Crippen molar-refractivity contribution in [1.82, 2.24) is 14.5 Å². The number of nitrogens with zero attached hydrogens (tertiary/aromatic N) is 4. The minimum absolute atomic E-state index is 0.201. The third-order valence-corrected chi connectivity index (χ3v) is 5.08. The van der Waals surface area contributed by atoms with Gasteiger partial charge in [0.2, 0.25) is 10.0 Å². The van der Waals surface area contributed by atoms with Crippen LogP contribution in [0.15, 0.2) is 47.9 Å². The highest BCUT2D eigenvalue weighted by Gasteiger charge is 2.22. The third-order valence-electron chi connectivity index (χ3n) is 4.12. The van der Waals surface area contributed by atoms with Crippen LogP contribution in [0.3, 0.4) is 0 Å². The molecule has 0 bridgehead atoms. The second-order valence-electron chi connectivity index (χ2n) is 5.64. The van der Waals surface area contributed by atoms with Gasteiger partial charge in [-0.2, -0.15) is 0 Å². The number of benzene rings is 1. The van der Waals surface area contributed by atoms with Crippen LogP contribution in [0.4, 0.5) is 5.69 Å². The van der Waals surface area contributed by atoms with Gasteiger partial charge in [-0.15, -0.1) is 0 Å². The van der Waals surface area contributed by atoms with Gasteiger partial charge in [0.25, 0.3) is 0 Å². The van der Waals surface area contributed by atoms with Crippen molar-refractivity contribution in [1.29, 1.82) is 0 Å². The molecule has 7 nitrogen and oxygen atoms in total. The number of sulfonamides is 1. The van der Waals surface area contributed by atoms with Crippen LogP contribution in [0.1, 0.15) is 0 Å². The lowest BCUT2D eigenvalue weighted by Crippen LogP contribution is -2.47. The van der Waals surface area contributed by atoms with Gasteiger partial charge >= 0.3 is 0 Å². The highest BCUT2D eigenvalue weighted by atomic mass is 32.2. The Morgan fingerprint density at radius 3 is 2.48 bits per heavy atom. The summed E-state index contributed by atoms with van der Waals surface area (Å²) in [6.07, 6.45) is 5.55. The van der Waals surface area contributed by atoms with Crippen LogP contribution in [-0.4, -0.2) is 55.6 Å². The first-order chi connectivity index (χ1) is 11.0. The SMILES string of the molecule is NS(=O)(=O)c1ccccc1N1CCN(CCn2ccnc2)CC1. The maximum atomic E-state index is 11.7. The Labute approximate surface area is 136 Å². The first-order valence-electron chi connectivity index (χ1n) is 7.59. The number of aromatic nitrogens is 2. The van der Waals surface area contributed by atoms with E-state index in [0.717, 1.165) is 39.3 Å². The van der Waals surface area contributed by atoms with Crippen molar-refractivity contribution in [3.05, 3.63) is 43.0 Å². The van der Waals surface area contributed by atoms with E-state index in [0.29, 0.717) is 5.69 Å². The van der Waals surface area contributed by atoms with Gasteiger partial charge < -0.3 is 9.47 Å². The quantitative estimate of drug-likeness (QED) is 0.852. The molecule has 8 heteroatoms. The average molecular weight is 335 g/mol. The van der Waals surface area contributed by atoms with E-state index in [4.69, 9.17) is 5.14 Å². The van der Waals surface area contributed by atoms with E-state index in [1.165, 1.54) is 0 Å². The number of imidazole rings is 1. The Kier molecular flexibility index (Phi) is 4.65. The Bertz CT molecular complexity index is 737. The number of anilines is 1. The lowest BCUT2D eigenvalue weighted by atomic mass is 10.2. The maximum Gasteiger partial charge on any atom is 0.240 e. The van der Waals surface area contributed by atoms with Crippen LogP contribution >= 0.6 is 0 Å². The summed E-state index contributed by atoms with van der Waals surface area (Å²) >= 11 is 0. The number of primary sulfonamides is 1. The topological polar surface area (TPSA) is 84.5 Å². The molecule has 23 heavy (non-hydrogen) atoms. The van der Waals surface area contributed by atoms with Crippen molar-refractivity contribution in [2.24, 2.45) is 5.14 Å². The van der Waals surface area contributed by atoms with Gasteiger partial charge in [-0.1, -0.05) is 12.1 Å². The summed E-state index contributed by atoms with van der Waals surface area (Å²) in [6.45, 7) is 5.24. The summed E-state index contributed by atoms with van der Waals surface area (Å²) in [4.78, 5) is 8.70. The molecule has 1 aliphatic rings. The van der Waals surface area contributed by atoms with Gasteiger partial charge in [0.1, 0.15) is 4.90 Å². The zero-order valence-corrected chi connectivity index (χ0v) is 13.7. The predicted octanol–water partition coefficient (Wildman–Crippen LogP) is 0.353. The lowest BCUT2D eigenvalue weighted by Gasteiger charge is -2.36. The fourth-order valence-corrected chi connectivity index (χ4v) is 3.60. The summed E-state index contributed by atoms with van der Waals surface area (Å²) in [5, 5.41) is 5.32. The normalized spacial score (nSPS) is 16.7. The molecule has 0 radical (unpaired) electrons. The smallest absolute Gasteiger partial charge is 0.240 e. The first-order valence-corrected chi connectivity index (χ1v) is 9.13. The molecule has 0 unspecified atom stereocenters. The summed E-state index contributed by atoms with van der Waals surface area (Å²) < 4.78 is 25.5. The Hall–Kier alpha value is -1.90. The lowest BCUT2D eigenvalue weighted by molar-refractivity contribution is 0.248. The number of hydrogen-bond donors (Lipinski definition) is 1. The fourth-order valence-electron chi connectivity index (χ4n) is 2.85. The zero-order chi connectivity index (χ0) is 16.3. The number of nitrogens with two attached hydrogens (primary N) is 1. The molecule has 1 saturated heterocycles. The molecular formula is C15H21N5O2S. The molecule has 0 aliphatic carbocycles. The van der Waals surface area contributed by atoms with E-state index < -0.39 is 10.0 Å². The molecule has 124 valence electrons. The number of hydrogen-bond acceptors (Lipinski definition) is 5. The van der Waals surface area contributed by atoms with Crippen LogP contribution in [0.2, 0.25) is 0 Å². The largest absolute Gasteiger partial charge is 0.368 e. The summed E-state index contributed by atoms with van der Waals surface area (Å²) in [5.41, 5.74) is 0.698. The molecule has 2 aromatic rings. The van der Waals surface area contributed by atoms with Crippen molar-refractivity contribution >= 4 is 15.7 Å². The van der Waals surface area contributed by atoms with E-state index in [2.05, 4.69) is 19.4 Å². The van der Waals surface area contributed by atoms with Gasteiger partial charge in [0.15, 0.2) is 0 Å². The second kappa shape index (κ2) is 6.69. The third kappa shape index (κ3) is 3.90. The molecular weight excluding hydrogens is 314 g/mol. The van der Waals surface area contributed by atoms with E-state index in [1.807, 2.05) is 24.7 Å². The molecule has 1 fully saturated rings. The molecule has 0 amide bonds. The molecule has 2 heterocycles. The number of piperazine rings is 1. The summed E-state index contributed by atoms with van der Waals surface area (Å²) in [7, 11) is -3.70. The van der Waals surface area contributed by atoms with Gasteiger partial charge in [0.05, 0.1) is 12.0 Å². The van der Waals surface area contributed by atoms with Gasteiger partial charge in [-0.25, -0.2) is 18.5 Å². The van der Waals surface area contributed by atoms with Crippen LogP contribution in [0.25, 0.3) is 0 Å². The van der Waals surface area contributed by atoms with Crippen molar-refractivity contribution in [3.8, 4) is 0 Å². The fraction of sp³-hybridized carbons (Fsp3) is 0.400. The standard InChI is InChI=1S/C15H21N5O2S/c16-23(21,22)15-4-2-1-3-14(15)20-11-9-18(10-12-20)7-8-19-6-5-17-13-19/h1-6,13H,7-12H2,(H2,16,21,22). The second-order valence-corrected chi connectivity index (χ2v) is 7.17. The highest BCUT2D eigenvalue weighted by Crippen LogP contribution is 2.24. The average Bonchev–Trinajstić information content (AvgIpc) is 3.06. The number of para-hydroxylation sites is 1. The highest BCUT2D eigenvalue weighted by molar-refractivity contribution is 7.89. The molecule has 2 N–H and O–H groups in total. The van der Waals surface area contributed by atoms with E-state index in [9.17, 15) is 8.42 Å².